The second-order valence-electron chi connectivity index (χ2n) is 7.21. The third-order valence-corrected chi connectivity index (χ3v) is 5.30. The maximum atomic E-state index is 12.9. The number of halogens is 5. The van der Waals surface area contributed by atoms with Crippen LogP contribution in [-0.4, -0.2) is 17.9 Å². The van der Waals surface area contributed by atoms with Gasteiger partial charge in [-0.1, -0.05) is 23.2 Å². The van der Waals surface area contributed by atoms with Gasteiger partial charge in [-0.25, -0.2) is 0 Å². The predicted octanol–water partition coefficient (Wildman–Crippen LogP) is 7.27. The average molecular weight is 552 g/mol. The molecule has 0 aromatic heterocycles. The summed E-state index contributed by atoms with van der Waals surface area (Å²) in [6, 6.07) is 12.4. The fourth-order valence-electron chi connectivity index (χ4n) is 2.98. The van der Waals surface area contributed by atoms with E-state index in [9.17, 15) is 33.3 Å². The maximum absolute atomic E-state index is 12.9. The number of carbonyl (C=O) groups is 1. The van der Waals surface area contributed by atoms with E-state index in [4.69, 9.17) is 32.7 Å². The highest BCUT2D eigenvalue weighted by molar-refractivity contribution is 6.37. The standard InChI is InChI=1S/C24H14Cl2F3N3O5/c1-36-17-5-3-16(4-6-17)31-23(33)14(12-30)8-13-9-18(25)22(19(26)10-13)37-21-7-2-15(24(27,28)29)11-20(21)32(34)35/h2-11H,1H3,(H,31,33)/b14-8+. The van der Waals surface area contributed by atoms with Crippen LogP contribution in [0.1, 0.15) is 11.1 Å². The van der Waals surface area contributed by atoms with Gasteiger partial charge in [-0.05, 0) is 60.2 Å². The summed E-state index contributed by atoms with van der Waals surface area (Å²) < 4.78 is 49.2. The van der Waals surface area contributed by atoms with Crippen molar-refractivity contribution in [1.29, 1.82) is 5.26 Å². The van der Waals surface area contributed by atoms with Gasteiger partial charge in [0.2, 0.25) is 5.75 Å². The zero-order valence-corrected chi connectivity index (χ0v) is 20.1. The monoisotopic (exact) mass is 551 g/mol. The quantitative estimate of drug-likeness (QED) is 0.143. The van der Waals surface area contributed by atoms with Crippen molar-refractivity contribution in [2.45, 2.75) is 6.18 Å². The molecule has 0 fully saturated rings. The Morgan fingerprint density at radius 3 is 2.24 bits per heavy atom. The molecule has 0 heterocycles. The smallest absolute Gasteiger partial charge is 0.416 e. The molecule has 0 bridgehead atoms. The lowest BCUT2D eigenvalue weighted by atomic mass is 10.1. The molecule has 0 aliphatic heterocycles. The van der Waals surface area contributed by atoms with Crippen molar-refractivity contribution >= 4 is 46.6 Å². The Balaban J connectivity index is 1.88. The van der Waals surface area contributed by atoms with Crippen LogP contribution in [0.4, 0.5) is 24.5 Å². The molecule has 1 N–H and O–H groups in total. The number of anilines is 1. The Kier molecular flexibility index (Phi) is 8.27. The van der Waals surface area contributed by atoms with Gasteiger partial charge in [-0.2, -0.15) is 18.4 Å². The lowest BCUT2D eigenvalue weighted by Gasteiger charge is -2.12. The lowest BCUT2D eigenvalue weighted by Crippen LogP contribution is -2.13. The number of nitro benzene ring substituents is 1. The summed E-state index contributed by atoms with van der Waals surface area (Å²) in [6.07, 6.45) is -3.61. The molecule has 0 saturated heterocycles. The van der Waals surface area contributed by atoms with Crippen LogP contribution in [-0.2, 0) is 11.0 Å². The number of nitrogens with one attached hydrogen (secondary N) is 1. The van der Waals surface area contributed by atoms with Crippen molar-refractivity contribution in [2.75, 3.05) is 12.4 Å². The maximum Gasteiger partial charge on any atom is 0.416 e. The number of ether oxygens (including phenoxy) is 2. The molecule has 0 spiro atoms. The van der Waals surface area contributed by atoms with Gasteiger partial charge in [0.25, 0.3) is 5.91 Å². The van der Waals surface area contributed by atoms with Crippen LogP contribution in [0.3, 0.4) is 0 Å². The van der Waals surface area contributed by atoms with Gasteiger partial charge in [0.1, 0.15) is 17.4 Å². The topological polar surface area (TPSA) is 114 Å². The zero-order chi connectivity index (χ0) is 27.3. The highest BCUT2D eigenvalue weighted by Crippen LogP contribution is 2.42. The number of nitriles is 1. The fourth-order valence-corrected chi connectivity index (χ4v) is 3.56. The van der Waals surface area contributed by atoms with Crippen LogP contribution in [0.2, 0.25) is 10.0 Å². The molecular weight excluding hydrogens is 538 g/mol. The van der Waals surface area contributed by atoms with Crippen molar-refractivity contribution in [3.8, 4) is 23.3 Å². The van der Waals surface area contributed by atoms with E-state index in [1.807, 2.05) is 0 Å². The van der Waals surface area contributed by atoms with Crippen molar-refractivity contribution in [3.05, 3.63) is 91.5 Å². The summed E-state index contributed by atoms with van der Waals surface area (Å²) in [5, 5.41) is 22.9. The van der Waals surface area contributed by atoms with E-state index in [0.717, 1.165) is 6.07 Å². The molecule has 0 aliphatic carbocycles. The number of rotatable bonds is 7. The van der Waals surface area contributed by atoms with E-state index >= 15 is 0 Å². The predicted molar refractivity (Wildman–Crippen MR) is 130 cm³/mol. The Hall–Kier alpha value is -4.27. The van der Waals surface area contributed by atoms with E-state index in [1.54, 1.807) is 30.3 Å². The van der Waals surface area contributed by atoms with E-state index in [-0.39, 0.29) is 26.9 Å². The van der Waals surface area contributed by atoms with Crippen LogP contribution < -0.4 is 14.8 Å². The molecule has 37 heavy (non-hydrogen) atoms. The normalized spacial score (nSPS) is 11.4. The summed E-state index contributed by atoms with van der Waals surface area (Å²) in [6.45, 7) is 0. The molecular formula is C24H14Cl2F3N3O5. The summed E-state index contributed by atoms with van der Waals surface area (Å²) >= 11 is 12.4. The summed E-state index contributed by atoms with van der Waals surface area (Å²) in [5.74, 6) is -0.950. The lowest BCUT2D eigenvalue weighted by molar-refractivity contribution is -0.385. The van der Waals surface area contributed by atoms with Gasteiger partial charge in [0.05, 0.1) is 27.6 Å². The Labute approximate surface area is 217 Å². The number of nitro groups is 1. The molecule has 3 rings (SSSR count). The van der Waals surface area contributed by atoms with E-state index < -0.39 is 34.0 Å². The molecule has 190 valence electrons. The van der Waals surface area contributed by atoms with Gasteiger partial charge in [0.15, 0.2) is 5.75 Å². The van der Waals surface area contributed by atoms with Crippen LogP contribution >= 0.6 is 23.2 Å². The van der Waals surface area contributed by atoms with E-state index in [1.165, 1.54) is 25.3 Å². The molecule has 3 aromatic carbocycles. The largest absolute Gasteiger partial charge is 0.497 e. The van der Waals surface area contributed by atoms with Crippen molar-refractivity contribution in [1.82, 2.24) is 0 Å². The third kappa shape index (κ3) is 6.69. The Bertz CT molecular complexity index is 1410. The van der Waals surface area contributed by atoms with Gasteiger partial charge < -0.3 is 14.8 Å². The number of hydrogen-bond acceptors (Lipinski definition) is 6. The Morgan fingerprint density at radius 2 is 1.73 bits per heavy atom. The van der Waals surface area contributed by atoms with Gasteiger partial charge in [-0.3, -0.25) is 14.9 Å². The van der Waals surface area contributed by atoms with Crippen LogP contribution in [0.5, 0.6) is 17.2 Å². The summed E-state index contributed by atoms with van der Waals surface area (Å²) in [4.78, 5) is 22.8. The second kappa shape index (κ2) is 11.2. The highest BCUT2D eigenvalue weighted by Gasteiger charge is 2.33. The van der Waals surface area contributed by atoms with Crippen LogP contribution in [0.25, 0.3) is 6.08 Å². The number of hydrogen-bond donors (Lipinski definition) is 1. The van der Waals surface area contributed by atoms with E-state index in [2.05, 4.69) is 5.32 Å². The minimum atomic E-state index is -4.80. The second-order valence-corrected chi connectivity index (χ2v) is 8.02. The summed E-state index contributed by atoms with van der Waals surface area (Å²) in [7, 11) is 1.49. The molecule has 0 saturated carbocycles. The van der Waals surface area contributed by atoms with Crippen molar-refractivity contribution in [3.63, 3.8) is 0 Å². The van der Waals surface area contributed by atoms with Crippen molar-refractivity contribution in [2.24, 2.45) is 0 Å². The van der Waals surface area contributed by atoms with Crippen LogP contribution in [0.15, 0.2) is 60.2 Å². The van der Waals surface area contributed by atoms with Gasteiger partial charge >= 0.3 is 11.9 Å². The molecule has 0 radical (unpaired) electrons. The average Bonchev–Trinajstić information content (AvgIpc) is 2.84. The third-order valence-electron chi connectivity index (χ3n) is 4.74. The molecule has 1 amide bonds. The minimum absolute atomic E-state index is 0.180. The number of benzene rings is 3. The molecule has 8 nitrogen and oxygen atoms in total. The summed E-state index contributed by atoms with van der Waals surface area (Å²) in [5.41, 5.74) is -1.86. The zero-order valence-electron chi connectivity index (χ0n) is 18.6. The van der Waals surface area contributed by atoms with Crippen molar-refractivity contribution < 1.29 is 32.4 Å². The van der Waals surface area contributed by atoms with Gasteiger partial charge in [0, 0.05) is 11.8 Å². The first-order valence-electron chi connectivity index (χ1n) is 10.0. The minimum Gasteiger partial charge on any atom is -0.497 e. The molecule has 0 unspecified atom stereocenters. The first kappa shape index (κ1) is 27.3. The number of methoxy groups -OCH3 is 1. The molecule has 0 aliphatic rings. The fraction of sp³-hybridized carbons (Fsp3) is 0.0833. The van der Waals surface area contributed by atoms with Gasteiger partial charge in [-0.15, -0.1) is 0 Å². The number of nitrogens with zero attached hydrogens (tertiary/aromatic N) is 2. The molecule has 13 heteroatoms. The molecule has 0 atom stereocenters. The molecule has 3 aromatic rings. The first-order chi connectivity index (χ1) is 17.4. The SMILES string of the molecule is COc1ccc(NC(=O)/C(C#N)=C/c2cc(Cl)c(Oc3ccc(C(F)(F)F)cc3[N+](=O)[O-])c(Cl)c2)cc1. The Morgan fingerprint density at radius 1 is 1.11 bits per heavy atom. The number of carbonyl (C=O) groups excluding carboxylic acids is 1. The number of amides is 1. The number of alkyl halides is 3. The van der Waals surface area contributed by atoms with Crippen LogP contribution in [0, 0.1) is 21.4 Å². The first-order valence-corrected chi connectivity index (χ1v) is 10.8. The highest BCUT2D eigenvalue weighted by atomic mass is 35.5. The van der Waals surface area contributed by atoms with E-state index in [0.29, 0.717) is 23.6 Å².